The summed E-state index contributed by atoms with van der Waals surface area (Å²) in [5.41, 5.74) is 5.93. The Balaban J connectivity index is 2.51. The lowest BCUT2D eigenvalue weighted by molar-refractivity contribution is -0.137. The smallest absolute Gasteiger partial charge is 0.225 e. The summed E-state index contributed by atoms with van der Waals surface area (Å²) in [5.74, 6) is 0.998. The lowest BCUT2D eigenvalue weighted by Gasteiger charge is -2.36. The van der Waals surface area contributed by atoms with E-state index in [1.165, 1.54) is 0 Å². The summed E-state index contributed by atoms with van der Waals surface area (Å²) in [6.45, 7) is 7.95. The predicted octanol–water partition coefficient (Wildman–Crippen LogP) is 1.62. The lowest BCUT2D eigenvalue weighted by Crippen LogP contribution is -2.50. The molecule has 0 aromatic rings. The zero-order valence-corrected chi connectivity index (χ0v) is 10.2. The van der Waals surface area contributed by atoms with E-state index in [1.807, 2.05) is 11.8 Å². The first kappa shape index (κ1) is 12.5. The highest BCUT2D eigenvalue weighted by Gasteiger charge is 2.27. The zero-order valence-electron chi connectivity index (χ0n) is 10.2. The molecule has 1 rings (SSSR count). The monoisotopic (exact) mass is 212 g/mol. The van der Waals surface area contributed by atoms with Crippen LogP contribution >= 0.6 is 0 Å². The minimum atomic E-state index is 0.160. The van der Waals surface area contributed by atoms with Gasteiger partial charge >= 0.3 is 0 Å². The summed E-state index contributed by atoms with van der Waals surface area (Å²) in [6.07, 6.45) is 3.10. The van der Waals surface area contributed by atoms with E-state index in [1.54, 1.807) is 0 Å². The van der Waals surface area contributed by atoms with Crippen molar-refractivity contribution in [1.82, 2.24) is 4.90 Å². The molecule has 2 N–H and O–H groups in total. The van der Waals surface area contributed by atoms with Crippen molar-refractivity contribution in [2.45, 2.75) is 46.1 Å². The van der Waals surface area contributed by atoms with Crippen molar-refractivity contribution < 1.29 is 4.79 Å². The van der Waals surface area contributed by atoms with Crippen LogP contribution in [0.2, 0.25) is 0 Å². The minimum Gasteiger partial charge on any atom is -0.341 e. The van der Waals surface area contributed by atoms with Gasteiger partial charge in [0.1, 0.15) is 0 Å². The first-order chi connectivity index (χ1) is 7.04. The molecule has 0 bridgehead atoms. The fourth-order valence-electron chi connectivity index (χ4n) is 2.45. The van der Waals surface area contributed by atoms with E-state index in [9.17, 15) is 4.79 Å². The minimum absolute atomic E-state index is 0.160. The second kappa shape index (κ2) is 5.50. The molecule has 1 aliphatic heterocycles. The molecule has 3 nitrogen and oxygen atoms in total. The second-order valence-electron chi connectivity index (χ2n) is 5.03. The molecule has 0 aromatic heterocycles. The molecular formula is C12H24N2O. The highest BCUT2D eigenvalue weighted by Crippen LogP contribution is 2.18. The Morgan fingerprint density at radius 1 is 1.53 bits per heavy atom. The number of amides is 1. The van der Waals surface area contributed by atoms with Crippen LogP contribution in [0.5, 0.6) is 0 Å². The standard InChI is InChI=1S/C12H24N2O/c1-4-5-10(3)12(15)14-7-9(2)6-11(13)8-14/h9-11H,4-8,13H2,1-3H3. The summed E-state index contributed by atoms with van der Waals surface area (Å²) < 4.78 is 0. The summed E-state index contributed by atoms with van der Waals surface area (Å²) in [7, 11) is 0. The number of rotatable bonds is 3. The van der Waals surface area contributed by atoms with Gasteiger partial charge in [-0.25, -0.2) is 0 Å². The Hall–Kier alpha value is -0.570. The molecular weight excluding hydrogens is 188 g/mol. The van der Waals surface area contributed by atoms with Crippen LogP contribution in [0, 0.1) is 11.8 Å². The molecule has 0 spiro atoms. The summed E-state index contributed by atoms with van der Waals surface area (Å²) >= 11 is 0. The second-order valence-corrected chi connectivity index (χ2v) is 5.03. The van der Waals surface area contributed by atoms with Crippen LogP contribution in [0.1, 0.15) is 40.0 Å². The van der Waals surface area contributed by atoms with Crippen molar-refractivity contribution in [1.29, 1.82) is 0 Å². The molecule has 1 heterocycles. The average molecular weight is 212 g/mol. The predicted molar refractivity (Wildman–Crippen MR) is 62.4 cm³/mol. The Morgan fingerprint density at radius 3 is 2.73 bits per heavy atom. The third-order valence-corrected chi connectivity index (χ3v) is 3.15. The largest absolute Gasteiger partial charge is 0.341 e. The van der Waals surface area contributed by atoms with Gasteiger partial charge in [-0.2, -0.15) is 0 Å². The average Bonchev–Trinajstić information content (AvgIpc) is 2.15. The maximum Gasteiger partial charge on any atom is 0.225 e. The van der Waals surface area contributed by atoms with Crippen molar-refractivity contribution in [3.63, 3.8) is 0 Å². The van der Waals surface area contributed by atoms with Crippen molar-refractivity contribution in [3.8, 4) is 0 Å². The first-order valence-electron chi connectivity index (χ1n) is 6.09. The Labute approximate surface area is 93.0 Å². The molecule has 1 saturated heterocycles. The molecule has 3 unspecified atom stereocenters. The number of likely N-dealkylation sites (tertiary alicyclic amines) is 1. The molecule has 3 atom stereocenters. The topological polar surface area (TPSA) is 46.3 Å². The van der Waals surface area contributed by atoms with Crippen molar-refractivity contribution in [3.05, 3.63) is 0 Å². The van der Waals surface area contributed by atoms with E-state index in [0.29, 0.717) is 11.8 Å². The van der Waals surface area contributed by atoms with Gasteiger partial charge in [0, 0.05) is 25.0 Å². The number of nitrogens with two attached hydrogens (primary N) is 1. The molecule has 1 amide bonds. The van der Waals surface area contributed by atoms with Gasteiger partial charge in [-0.1, -0.05) is 27.2 Å². The lowest BCUT2D eigenvalue weighted by atomic mass is 9.94. The third kappa shape index (κ3) is 3.49. The number of hydrogen-bond acceptors (Lipinski definition) is 2. The van der Waals surface area contributed by atoms with E-state index < -0.39 is 0 Å². The maximum absolute atomic E-state index is 12.0. The molecule has 1 aliphatic rings. The molecule has 0 aromatic carbocycles. The van der Waals surface area contributed by atoms with Crippen molar-refractivity contribution in [2.24, 2.45) is 17.6 Å². The highest BCUT2D eigenvalue weighted by molar-refractivity contribution is 5.78. The summed E-state index contributed by atoms with van der Waals surface area (Å²) in [6, 6.07) is 0.173. The number of carbonyl (C=O) groups is 1. The molecule has 15 heavy (non-hydrogen) atoms. The van der Waals surface area contributed by atoms with Crippen LogP contribution in [-0.2, 0) is 4.79 Å². The quantitative estimate of drug-likeness (QED) is 0.772. The molecule has 0 radical (unpaired) electrons. The Morgan fingerprint density at radius 2 is 2.20 bits per heavy atom. The molecule has 0 saturated carbocycles. The molecule has 88 valence electrons. The fraction of sp³-hybridized carbons (Fsp3) is 0.917. The number of piperidine rings is 1. The van der Waals surface area contributed by atoms with E-state index >= 15 is 0 Å². The third-order valence-electron chi connectivity index (χ3n) is 3.15. The normalized spacial score (nSPS) is 28.9. The van der Waals surface area contributed by atoms with Crippen LogP contribution in [0.15, 0.2) is 0 Å². The van der Waals surface area contributed by atoms with Gasteiger partial charge in [0.15, 0.2) is 0 Å². The van der Waals surface area contributed by atoms with Crippen LogP contribution in [-0.4, -0.2) is 29.9 Å². The van der Waals surface area contributed by atoms with Crippen molar-refractivity contribution >= 4 is 5.91 Å². The molecule has 1 fully saturated rings. The molecule has 0 aliphatic carbocycles. The van der Waals surface area contributed by atoms with Gasteiger partial charge < -0.3 is 10.6 Å². The van der Waals surface area contributed by atoms with Gasteiger partial charge in [-0.15, -0.1) is 0 Å². The Bertz CT molecular complexity index is 208. The van der Waals surface area contributed by atoms with E-state index in [-0.39, 0.29) is 12.0 Å². The Kier molecular flexibility index (Phi) is 4.58. The van der Waals surface area contributed by atoms with Gasteiger partial charge in [-0.05, 0) is 18.8 Å². The van der Waals surface area contributed by atoms with E-state index in [0.717, 1.165) is 32.4 Å². The van der Waals surface area contributed by atoms with E-state index in [2.05, 4.69) is 13.8 Å². The van der Waals surface area contributed by atoms with Crippen LogP contribution in [0.3, 0.4) is 0 Å². The van der Waals surface area contributed by atoms with Gasteiger partial charge in [0.25, 0.3) is 0 Å². The van der Waals surface area contributed by atoms with Gasteiger partial charge in [-0.3, -0.25) is 4.79 Å². The molecule has 3 heteroatoms. The van der Waals surface area contributed by atoms with Crippen LogP contribution < -0.4 is 5.73 Å². The van der Waals surface area contributed by atoms with Crippen LogP contribution in [0.4, 0.5) is 0 Å². The first-order valence-corrected chi connectivity index (χ1v) is 6.09. The number of nitrogens with zero attached hydrogens (tertiary/aromatic N) is 1. The summed E-state index contributed by atoms with van der Waals surface area (Å²) in [4.78, 5) is 14.0. The number of carbonyl (C=O) groups excluding carboxylic acids is 1. The fourth-order valence-corrected chi connectivity index (χ4v) is 2.45. The van der Waals surface area contributed by atoms with Gasteiger partial charge in [0.2, 0.25) is 5.91 Å². The van der Waals surface area contributed by atoms with E-state index in [4.69, 9.17) is 5.73 Å². The summed E-state index contributed by atoms with van der Waals surface area (Å²) in [5, 5.41) is 0. The maximum atomic E-state index is 12.0. The number of hydrogen-bond donors (Lipinski definition) is 1. The van der Waals surface area contributed by atoms with Crippen LogP contribution in [0.25, 0.3) is 0 Å². The van der Waals surface area contributed by atoms with Gasteiger partial charge in [0.05, 0.1) is 0 Å². The SMILES string of the molecule is CCCC(C)C(=O)N1CC(C)CC(N)C1. The van der Waals surface area contributed by atoms with Crippen molar-refractivity contribution in [2.75, 3.05) is 13.1 Å². The highest BCUT2D eigenvalue weighted by atomic mass is 16.2. The zero-order chi connectivity index (χ0) is 11.4.